The lowest BCUT2D eigenvalue weighted by atomic mass is 10.1. The fraction of sp³-hybridized carbons (Fsp3) is 0.222. The number of nitrogens with zero attached hydrogens (tertiary/aromatic N) is 2. The fourth-order valence-corrected chi connectivity index (χ4v) is 2.84. The van der Waals surface area contributed by atoms with Gasteiger partial charge >= 0.3 is 0 Å². The van der Waals surface area contributed by atoms with E-state index >= 15 is 0 Å². The number of hydrogen-bond acceptors (Lipinski definition) is 4. The van der Waals surface area contributed by atoms with E-state index in [0.717, 1.165) is 24.4 Å². The van der Waals surface area contributed by atoms with Gasteiger partial charge in [0.2, 0.25) is 0 Å². The number of hydrogen-bond donors (Lipinski definition) is 1. The van der Waals surface area contributed by atoms with Gasteiger partial charge in [0, 0.05) is 24.6 Å². The van der Waals surface area contributed by atoms with Crippen molar-refractivity contribution in [3.05, 3.63) is 64.7 Å². The molecular weight excluding hydrogens is 322 g/mol. The van der Waals surface area contributed by atoms with Crippen molar-refractivity contribution in [3.63, 3.8) is 0 Å². The molecule has 1 heterocycles. The van der Waals surface area contributed by atoms with Gasteiger partial charge < -0.3 is 9.47 Å². The zero-order valence-electron chi connectivity index (χ0n) is 13.7. The summed E-state index contributed by atoms with van der Waals surface area (Å²) in [6.07, 6.45) is 1.66. The van der Waals surface area contributed by atoms with Crippen LogP contribution in [-0.4, -0.2) is 29.0 Å². The number of rotatable bonds is 6. The molecule has 0 bridgehead atoms. The Kier molecular flexibility index (Phi) is 4.96. The van der Waals surface area contributed by atoms with Crippen LogP contribution in [0.15, 0.2) is 48.5 Å². The van der Waals surface area contributed by atoms with E-state index in [4.69, 9.17) is 21.7 Å². The van der Waals surface area contributed by atoms with Gasteiger partial charge in [-0.15, -0.1) is 0 Å². The molecule has 0 saturated heterocycles. The van der Waals surface area contributed by atoms with E-state index in [0.29, 0.717) is 16.3 Å². The zero-order chi connectivity index (χ0) is 16.9. The first-order valence-electron chi connectivity index (χ1n) is 7.65. The molecule has 0 atom stereocenters. The molecular formula is C18H19N3O2S. The second-order valence-corrected chi connectivity index (χ2v) is 5.72. The van der Waals surface area contributed by atoms with Gasteiger partial charge in [-0.3, -0.25) is 9.67 Å². The molecule has 0 aliphatic rings. The lowest BCUT2D eigenvalue weighted by molar-refractivity contribution is 0.394. The SMILES string of the molecule is COc1cc(OC)cc(-n2c(CCc3ccccc3)n[nH]c2=S)c1. The van der Waals surface area contributed by atoms with E-state index in [1.54, 1.807) is 14.2 Å². The third kappa shape index (κ3) is 3.49. The maximum atomic E-state index is 5.41. The third-order valence-electron chi connectivity index (χ3n) is 3.82. The highest BCUT2D eigenvalue weighted by molar-refractivity contribution is 7.71. The van der Waals surface area contributed by atoms with Crippen molar-refractivity contribution in [1.29, 1.82) is 0 Å². The second-order valence-electron chi connectivity index (χ2n) is 5.34. The molecule has 24 heavy (non-hydrogen) atoms. The second kappa shape index (κ2) is 7.31. The first kappa shape index (κ1) is 16.3. The number of H-pyrrole nitrogens is 1. The molecule has 5 nitrogen and oxygen atoms in total. The Morgan fingerprint density at radius 1 is 1.00 bits per heavy atom. The number of aromatic amines is 1. The van der Waals surface area contributed by atoms with Gasteiger partial charge in [-0.05, 0) is 24.2 Å². The number of benzene rings is 2. The minimum atomic E-state index is 0.549. The van der Waals surface area contributed by atoms with Crippen LogP contribution in [0.25, 0.3) is 5.69 Å². The lowest BCUT2D eigenvalue weighted by Crippen LogP contribution is -2.04. The van der Waals surface area contributed by atoms with Crippen molar-refractivity contribution < 1.29 is 9.47 Å². The molecule has 2 aromatic carbocycles. The van der Waals surface area contributed by atoms with Crippen LogP contribution in [0.3, 0.4) is 0 Å². The van der Waals surface area contributed by atoms with Crippen molar-refractivity contribution >= 4 is 12.2 Å². The fourth-order valence-electron chi connectivity index (χ4n) is 2.59. The highest BCUT2D eigenvalue weighted by Gasteiger charge is 2.11. The molecule has 0 fully saturated rings. The van der Waals surface area contributed by atoms with E-state index in [2.05, 4.69) is 22.3 Å². The first-order chi connectivity index (χ1) is 11.7. The van der Waals surface area contributed by atoms with Crippen molar-refractivity contribution in [2.24, 2.45) is 0 Å². The molecule has 0 aliphatic heterocycles. The first-order valence-corrected chi connectivity index (χ1v) is 8.05. The van der Waals surface area contributed by atoms with E-state index in [9.17, 15) is 0 Å². The molecule has 6 heteroatoms. The monoisotopic (exact) mass is 341 g/mol. The molecule has 1 N–H and O–H groups in total. The summed E-state index contributed by atoms with van der Waals surface area (Å²) in [5.74, 6) is 2.29. The van der Waals surface area contributed by atoms with Gasteiger partial charge in [0.05, 0.1) is 19.9 Å². The Labute approximate surface area is 145 Å². The predicted molar refractivity (Wildman–Crippen MR) is 95.7 cm³/mol. The van der Waals surface area contributed by atoms with Crippen molar-refractivity contribution in [2.45, 2.75) is 12.8 Å². The van der Waals surface area contributed by atoms with Crippen LogP contribution in [-0.2, 0) is 12.8 Å². The average Bonchev–Trinajstić information content (AvgIpc) is 3.01. The summed E-state index contributed by atoms with van der Waals surface area (Å²) in [6.45, 7) is 0. The lowest BCUT2D eigenvalue weighted by Gasteiger charge is -2.11. The molecule has 0 saturated carbocycles. The number of nitrogens with one attached hydrogen (secondary N) is 1. The summed E-state index contributed by atoms with van der Waals surface area (Å²) in [5.41, 5.74) is 2.13. The Balaban J connectivity index is 1.94. The van der Waals surface area contributed by atoms with Gasteiger partial charge in [-0.2, -0.15) is 5.10 Å². The van der Waals surface area contributed by atoms with Gasteiger partial charge in [-0.1, -0.05) is 30.3 Å². The quantitative estimate of drug-likeness (QED) is 0.694. The Morgan fingerprint density at radius 3 is 2.29 bits per heavy atom. The highest BCUT2D eigenvalue weighted by Crippen LogP contribution is 2.26. The van der Waals surface area contributed by atoms with Crippen molar-refractivity contribution in [1.82, 2.24) is 14.8 Å². The van der Waals surface area contributed by atoms with Gasteiger partial charge in [-0.25, -0.2) is 0 Å². The number of aryl methyl sites for hydroxylation is 2. The van der Waals surface area contributed by atoms with Gasteiger partial charge in [0.15, 0.2) is 4.77 Å². The number of methoxy groups -OCH3 is 2. The smallest absolute Gasteiger partial charge is 0.199 e. The molecule has 1 aromatic heterocycles. The van der Waals surface area contributed by atoms with E-state index in [1.165, 1.54) is 5.56 Å². The maximum absolute atomic E-state index is 5.41. The molecule has 124 valence electrons. The Bertz CT molecular complexity index is 849. The molecule has 0 aliphatic carbocycles. The van der Waals surface area contributed by atoms with Crippen LogP contribution in [0.1, 0.15) is 11.4 Å². The van der Waals surface area contributed by atoms with Crippen LogP contribution in [0.5, 0.6) is 11.5 Å². The highest BCUT2D eigenvalue weighted by atomic mass is 32.1. The van der Waals surface area contributed by atoms with Gasteiger partial charge in [0.25, 0.3) is 0 Å². The van der Waals surface area contributed by atoms with Gasteiger partial charge in [0.1, 0.15) is 17.3 Å². The summed E-state index contributed by atoms with van der Waals surface area (Å²) < 4.78 is 13.2. The molecule has 0 radical (unpaired) electrons. The van der Waals surface area contributed by atoms with Crippen molar-refractivity contribution in [3.8, 4) is 17.2 Å². The minimum absolute atomic E-state index is 0.549. The van der Waals surface area contributed by atoms with Crippen LogP contribution in [0.4, 0.5) is 0 Å². The topological polar surface area (TPSA) is 52.1 Å². The Morgan fingerprint density at radius 2 is 1.67 bits per heavy atom. The molecule has 0 unspecified atom stereocenters. The average molecular weight is 341 g/mol. The van der Waals surface area contributed by atoms with Crippen LogP contribution in [0.2, 0.25) is 0 Å². The zero-order valence-corrected chi connectivity index (χ0v) is 14.5. The number of aromatic nitrogens is 3. The largest absolute Gasteiger partial charge is 0.497 e. The summed E-state index contributed by atoms with van der Waals surface area (Å²) in [7, 11) is 3.26. The van der Waals surface area contributed by atoms with Crippen LogP contribution < -0.4 is 9.47 Å². The molecule has 3 aromatic rings. The van der Waals surface area contributed by atoms with E-state index in [-0.39, 0.29) is 0 Å². The molecule has 0 spiro atoms. The normalized spacial score (nSPS) is 10.6. The maximum Gasteiger partial charge on any atom is 0.199 e. The summed E-state index contributed by atoms with van der Waals surface area (Å²) >= 11 is 5.41. The van der Waals surface area contributed by atoms with Crippen LogP contribution in [0, 0.1) is 4.77 Å². The predicted octanol–water partition coefficient (Wildman–Crippen LogP) is 3.73. The van der Waals surface area contributed by atoms with E-state index in [1.807, 2.05) is 41.0 Å². The molecule has 3 rings (SSSR count). The van der Waals surface area contributed by atoms with E-state index < -0.39 is 0 Å². The summed E-state index contributed by atoms with van der Waals surface area (Å²) in [4.78, 5) is 0. The minimum Gasteiger partial charge on any atom is -0.497 e. The number of ether oxygens (including phenoxy) is 2. The van der Waals surface area contributed by atoms with Crippen LogP contribution >= 0.6 is 12.2 Å². The summed E-state index contributed by atoms with van der Waals surface area (Å²) in [5, 5.41) is 7.26. The standard InChI is InChI=1S/C18H19N3O2S/c1-22-15-10-14(11-16(12-15)23-2)21-17(19-20-18(21)24)9-8-13-6-4-3-5-7-13/h3-7,10-12H,8-9H2,1-2H3,(H,20,24). The Hall–Kier alpha value is -2.60. The van der Waals surface area contributed by atoms with Crippen molar-refractivity contribution in [2.75, 3.05) is 14.2 Å². The summed E-state index contributed by atoms with van der Waals surface area (Å²) in [6, 6.07) is 16.0. The molecule has 0 amide bonds. The third-order valence-corrected chi connectivity index (χ3v) is 4.09.